The molecule has 0 aliphatic heterocycles. The highest BCUT2D eigenvalue weighted by molar-refractivity contribution is 5.94. The summed E-state index contributed by atoms with van der Waals surface area (Å²) >= 11 is 0. The summed E-state index contributed by atoms with van der Waals surface area (Å²) in [6.07, 6.45) is 2.82. The monoisotopic (exact) mass is 340 g/mol. The fraction of sp³-hybridized carbons (Fsp3) is 0.400. The average molecular weight is 340 g/mol. The number of hydrogen-bond donors (Lipinski definition) is 2. The van der Waals surface area contributed by atoms with Gasteiger partial charge in [0.1, 0.15) is 0 Å². The number of benzene rings is 1. The van der Waals surface area contributed by atoms with Crippen LogP contribution in [0.3, 0.4) is 0 Å². The van der Waals surface area contributed by atoms with Crippen molar-refractivity contribution in [2.24, 2.45) is 5.92 Å². The molecule has 0 radical (unpaired) electrons. The SMILES string of the molecule is COc1ccc([C@@H](NC(=O)c2cc(C)cc(C)c2)C2CC(O)C2)cn1. The number of carbonyl (C=O) groups is 1. The van der Waals surface area contributed by atoms with Gasteiger partial charge in [-0.15, -0.1) is 0 Å². The standard InChI is InChI=1S/C20H24N2O3/c1-12-6-13(2)8-16(7-12)20(24)22-19(15-9-17(23)10-15)14-4-5-18(25-3)21-11-14/h4-8,11,15,17,19,23H,9-10H2,1-3H3,(H,22,24)/t15?,17?,19-/m1/s1. The van der Waals surface area contributed by atoms with Gasteiger partial charge in [0.25, 0.3) is 5.91 Å². The van der Waals surface area contributed by atoms with Crippen LogP contribution in [-0.2, 0) is 0 Å². The molecule has 1 aliphatic rings. The van der Waals surface area contributed by atoms with E-state index in [9.17, 15) is 9.90 Å². The Balaban J connectivity index is 1.82. The summed E-state index contributed by atoms with van der Waals surface area (Å²) in [5, 5.41) is 12.8. The number of aliphatic hydroxyl groups is 1. The molecule has 0 spiro atoms. The van der Waals surface area contributed by atoms with Crippen LogP contribution in [0.4, 0.5) is 0 Å². The minimum absolute atomic E-state index is 0.103. The predicted octanol–water partition coefficient (Wildman–Crippen LogP) is 2.95. The van der Waals surface area contributed by atoms with Gasteiger partial charge in [0.15, 0.2) is 0 Å². The molecule has 5 heteroatoms. The Bertz CT molecular complexity index is 732. The second-order valence-corrected chi connectivity index (χ2v) is 6.85. The van der Waals surface area contributed by atoms with Gasteiger partial charge in [0.05, 0.1) is 19.3 Å². The molecule has 1 atom stereocenters. The molecule has 1 amide bonds. The summed E-state index contributed by atoms with van der Waals surface area (Å²) < 4.78 is 5.11. The van der Waals surface area contributed by atoms with E-state index < -0.39 is 0 Å². The lowest BCUT2D eigenvalue weighted by Crippen LogP contribution is -2.41. The maximum Gasteiger partial charge on any atom is 0.251 e. The van der Waals surface area contributed by atoms with Crippen molar-refractivity contribution in [2.75, 3.05) is 7.11 Å². The van der Waals surface area contributed by atoms with Crippen LogP contribution in [-0.4, -0.2) is 29.2 Å². The van der Waals surface area contributed by atoms with Crippen LogP contribution < -0.4 is 10.1 Å². The second kappa shape index (κ2) is 7.23. The molecule has 2 N–H and O–H groups in total. The first-order valence-electron chi connectivity index (χ1n) is 8.53. The Labute approximate surface area is 148 Å². The molecule has 1 saturated carbocycles. The lowest BCUT2D eigenvalue weighted by atomic mass is 9.75. The Hall–Kier alpha value is -2.40. The highest BCUT2D eigenvalue weighted by Crippen LogP contribution is 2.38. The van der Waals surface area contributed by atoms with E-state index in [0.717, 1.165) is 16.7 Å². The molecule has 132 valence electrons. The zero-order valence-corrected chi connectivity index (χ0v) is 14.8. The first-order chi connectivity index (χ1) is 12.0. The van der Waals surface area contributed by atoms with Gasteiger partial charge < -0.3 is 15.2 Å². The first-order valence-corrected chi connectivity index (χ1v) is 8.53. The number of rotatable bonds is 5. The van der Waals surface area contributed by atoms with Crippen molar-refractivity contribution in [3.63, 3.8) is 0 Å². The van der Waals surface area contributed by atoms with E-state index in [4.69, 9.17) is 4.74 Å². The molecule has 1 aromatic carbocycles. The van der Waals surface area contributed by atoms with E-state index in [2.05, 4.69) is 10.3 Å². The number of aliphatic hydroxyl groups excluding tert-OH is 1. The quantitative estimate of drug-likeness (QED) is 0.878. The van der Waals surface area contributed by atoms with E-state index in [1.54, 1.807) is 19.4 Å². The number of nitrogens with one attached hydrogen (secondary N) is 1. The van der Waals surface area contributed by atoms with Crippen LogP contribution in [0.5, 0.6) is 5.88 Å². The number of carbonyl (C=O) groups excluding carboxylic acids is 1. The Morgan fingerprint density at radius 2 is 1.92 bits per heavy atom. The zero-order chi connectivity index (χ0) is 18.0. The number of amides is 1. The smallest absolute Gasteiger partial charge is 0.251 e. The van der Waals surface area contributed by atoms with Gasteiger partial charge in [0, 0.05) is 17.8 Å². The molecule has 0 bridgehead atoms. The van der Waals surface area contributed by atoms with Crippen LogP contribution >= 0.6 is 0 Å². The molecule has 5 nitrogen and oxygen atoms in total. The molecule has 1 heterocycles. The van der Waals surface area contributed by atoms with Gasteiger partial charge in [-0.2, -0.15) is 0 Å². The summed E-state index contributed by atoms with van der Waals surface area (Å²) in [4.78, 5) is 17.0. The number of ether oxygens (including phenoxy) is 1. The number of nitrogens with zero attached hydrogens (tertiary/aromatic N) is 1. The van der Waals surface area contributed by atoms with Crippen LogP contribution in [0.25, 0.3) is 0 Å². The van der Waals surface area contributed by atoms with Gasteiger partial charge in [0.2, 0.25) is 5.88 Å². The summed E-state index contributed by atoms with van der Waals surface area (Å²) in [6.45, 7) is 3.97. The Kier molecular flexibility index (Phi) is 5.04. The van der Waals surface area contributed by atoms with Crippen molar-refractivity contribution in [1.29, 1.82) is 0 Å². The molecular formula is C20H24N2O3. The topological polar surface area (TPSA) is 71.5 Å². The summed E-state index contributed by atoms with van der Waals surface area (Å²) in [5.41, 5.74) is 3.71. The molecule has 1 fully saturated rings. The normalized spacial score (nSPS) is 20.5. The summed E-state index contributed by atoms with van der Waals surface area (Å²) in [5.74, 6) is 0.644. The van der Waals surface area contributed by atoms with Gasteiger partial charge in [-0.25, -0.2) is 4.98 Å². The van der Waals surface area contributed by atoms with Crippen LogP contribution in [0.15, 0.2) is 36.5 Å². The molecule has 1 aromatic heterocycles. The third-order valence-corrected chi connectivity index (χ3v) is 4.72. The largest absolute Gasteiger partial charge is 0.481 e. The second-order valence-electron chi connectivity index (χ2n) is 6.85. The van der Waals surface area contributed by atoms with Gasteiger partial charge in [-0.05, 0) is 50.3 Å². The maximum atomic E-state index is 12.8. The van der Waals surface area contributed by atoms with E-state index in [-0.39, 0.29) is 24.0 Å². The van der Waals surface area contributed by atoms with Crippen molar-refractivity contribution < 1.29 is 14.6 Å². The molecule has 25 heavy (non-hydrogen) atoms. The highest BCUT2D eigenvalue weighted by Gasteiger charge is 2.36. The molecule has 0 unspecified atom stereocenters. The van der Waals surface area contributed by atoms with E-state index in [1.165, 1.54) is 0 Å². The molecular weight excluding hydrogens is 316 g/mol. The van der Waals surface area contributed by atoms with Crippen molar-refractivity contribution in [3.8, 4) is 5.88 Å². The highest BCUT2D eigenvalue weighted by atomic mass is 16.5. The third kappa shape index (κ3) is 3.99. The molecule has 1 aliphatic carbocycles. The average Bonchev–Trinajstić information content (AvgIpc) is 2.56. The molecule has 3 rings (SSSR count). The number of aromatic nitrogens is 1. The fourth-order valence-electron chi connectivity index (χ4n) is 3.40. The van der Waals surface area contributed by atoms with Crippen LogP contribution in [0.1, 0.15) is 45.9 Å². The van der Waals surface area contributed by atoms with Crippen molar-refractivity contribution in [2.45, 2.75) is 38.8 Å². The maximum absolute atomic E-state index is 12.8. The number of aryl methyl sites for hydroxylation is 2. The van der Waals surface area contributed by atoms with Gasteiger partial charge in [-0.3, -0.25) is 4.79 Å². The zero-order valence-electron chi connectivity index (χ0n) is 14.8. The number of hydrogen-bond acceptors (Lipinski definition) is 4. The van der Waals surface area contributed by atoms with E-state index in [0.29, 0.717) is 24.3 Å². The van der Waals surface area contributed by atoms with Crippen LogP contribution in [0.2, 0.25) is 0 Å². The van der Waals surface area contributed by atoms with E-state index in [1.807, 2.05) is 38.1 Å². The summed E-state index contributed by atoms with van der Waals surface area (Å²) in [6, 6.07) is 9.37. The number of methoxy groups -OCH3 is 1. The first kappa shape index (κ1) is 17.4. The Morgan fingerprint density at radius 1 is 1.24 bits per heavy atom. The van der Waals surface area contributed by atoms with Crippen molar-refractivity contribution >= 4 is 5.91 Å². The third-order valence-electron chi connectivity index (χ3n) is 4.72. The van der Waals surface area contributed by atoms with Crippen molar-refractivity contribution in [1.82, 2.24) is 10.3 Å². The Morgan fingerprint density at radius 3 is 2.44 bits per heavy atom. The van der Waals surface area contributed by atoms with Crippen molar-refractivity contribution in [3.05, 3.63) is 58.8 Å². The van der Waals surface area contributed by atoms with Gasteiger partial charge in [-0.1, -0.05) is 23.3 Å². The lowest BCUT2D eigenvalue weighted by molar-refractivity contribution is 0.0234. The lowest BCUT2D eigenvalue weighted by Gasteiger charge is -2.38. The minimum atomic E-state index is -0.281. The molecule has 2 aromatic rings. The summed E-state index contributed by atoms with van der Waals surface area (Å²) in [7, 11) is 1.57. The van der Waals surface area contributed by atoms with Gasteiger partial charge >= 0.3 is 0 Å². The fourth-order valence-corrected chi connectivity index (χ4v) is 3.40. The minimum Gasteiger partial charge on any atom is -0.481 e. The van der Waals surface area contributed by atoms with Crippen LogP contribution in [0, 0.1) is 19.8 Å². The number of pyridine rings is 1. The van der Waals surface area contributed by atoms with E-state index >= 15 is 0 Å². The predicted molar refractivity (Wildman–Crippen MR) is 95.6 cm³/mol. The molecule has 0 saturated heterocycles.